The zero-order valence-electron chi connectivity index (χ0n) is 11.1. The number of benzene rings is 1. The Morgan fingerprint density at radius 3 is 2.06 bits per heavy atom. The van der Waals surface area contributed by atoms with Crippen LogP contribution >= 0.6 is 0 Å². The van der Waals surface area contributed by atoms with E-state index >= 15 is 0 Å². The topological polar surface area (TPSA) is 51.8 Å². The molecular formula is C15H19N3. The maximum Gasteiger partial charge on any atom is 0.132 e. The lowest BCUT2D eigenvalue weighted by Crippen LogP contribution is -2.10. The van der Waals surface area contributed by atoms with Crippen LogP contribution in [-0.2, 0) is 11.8 Å². The van der Waals surface area contributed by atoms with Gasteiger partial charge in [0.2, 0.25) is 0 Å². The van der Waals surface area contributed by atoms with Gasteiger partial charge in [0.05, 0.1) is 18.1 Å². The third-order valence-corrected chi connectivity index (χ3v) is 2.91. The molecule has 0 amide bonds. The van der Waals surface area contributed by atoms with Crippen molar-refractivity contribution in [3.05, 3.63) is 53.6 Å². The summed E-state index contributed by atoms with van der Waals surface area (Å²) in [5.74, 6) is 0.799. The minimum Gasteiger partial charge on any atom is -0.396 e. The van der Waals surface area contributed by atoms with Crippen LogP contribution in [0.4, 0.5) is 5.69 Å². The molecule has 0 bridgehead atoms. The Balaban J connectivity index is 2.13. The highest BCUT2D eigenvalue weighted by molar-refractivity contribution is 5.32. The fraction of sp³-hybridized carbons (Fsp3) is 0.333. The summed E-state index contributed by atoms with van der Waals surface area (Å²) in [4.78, 5) is 8.42. The number of anilines is 1. The first-order chi connectivity index (χ1) is 8.45. The molecule has 0 radical (unpaired) electrons. The number of rotatable bonds is 2. The second kappa shape index (κ2) is 4.77. The van der Waals surface area contributed by atoms with Gasteiger partial charge in [-0.2, -0.15) is 0 Å². The van der Waals surface area contributed by atoms with E-state index < -0.39 is 0 Å². The van der Waals surface area contributed by atoms with Gasteiger partial charge in [-0.15, -0.1) is 0 Å². The molecule has 0 atom stereocenters. The van der Waals surface area contributed by atoms with Gasteiger partial charge in [0.1, 0.15) is 5.82 Å². The van der Waals surface area contributed by atoms with Gasteiger partial charge in [0.15, 0.2) is 0 Å². The van der Waals surface area contributed by atoms with Crippen LogP contribution < -0.4 is 5.73 Å². The van der Waals surface area contributed by atoms with Gasteiger partial charge in [-0.1, -0.05) is 45.0 Å². The monoisotopic (exact) mass is 241 g/mol. The molecule has 94 valence electrons. The molecule has 0 unspecified atom stereocenters. The molecule has 3 heteroatoms. The van der Waals surface area contributed by atoms with Gasteiger partial charge in [0.25, 0.3) is 0 Å². The van der Waals surface area contributed by atoms with Crippen LogP contribution in [0.2, 0.25) is 0 Å². The van der Waals surface area contributed by atoms with Crippen molar-refractivity contribution in [2.45, 2.75) is 32.6 Å². The van der Waals surface area contributed by atoms with Gasteiger partial charge in [-0.05, 0) is 16.5 Å². The maximum atomic E-state index is 5.56. The van der Waals surface area contributed by atoms with Crippen LogP contribution in [0.1, 0.15) is 37.7 Å². The molecule has 0 aliphatic carbocycles. The highest BCUT2D eigenvalue weighted by Gasteiger charge is 2.12. The number of nitrogens with zero attached hydrogens (tertiary/aromatic N) is 2. The quantitative estimate of drug-likeness (QED) is 0.879. The predicted octanol–water partition coefficient (Wildman–Crippen LogP) is 2.95. The molecule has 1 aromatic heterocycles. The summed E-state index contributed by atoms with van der Waals surface area (Å²) in [6.07, 6.45) is 4.03. The molecule has 0 fully saturated rings. The standard InChI is InChI=1S/C15H19N3/c1-15(2,3)12-6-4-11(5-7-12)8-14-17-9-13(16)10-18-14/h4-7,9-10H,8,16H2,1-3H3. The Hall–Kier alpha value is -1.90. The minimum absolute atomic E-state index is 0.191. The molecule has 0 spiro atoms. The van der Waals surface area contributed by atoms with E-state index in [4.69, 9.17) is 5.73 Å². The highest BCUT2D eigenvalue weighted by atomic mass is 14.9. The van der Waals surface area contributed by atoms with Gasteiger partial charge >= 0.3 is 0 Å². The van der Waals surface area contributed by atoms with Crippen LogP contribution in [0.15, 0.2) is 36.7 Å². The van der Waals surface area contributed by atoms with E-state index in [0.29, 0.717) is 5.69 Å². The van der Waals surface area contributed by atoms with E-state index in [1.165, 1.54) is 11.1 Å². The van der Waals surface area contributed by atoms with Gasteiger partial charge < -0.3 is 5.73 Å². The molecule has 3 nitrogen and oxygen atoms in total. The second-order valence-electron chi connectivity index (χ2n) is 5.56. The van der Waals surface area contributed by atoms with Crippen molar-refractivity contribution in [1.82, 2.24) is 9.97 Å². The van der Waals surface area contributed by atoms with Crippen LogP contribution in [0.5, 0.6) is 0 Å². The molecule has 2 aromatic rings. The van der Waals surface area contributed by atoms with Crippen LogP contribution in [0, 0.1) is 0 Å². The number of nitrogen functional groups attached to an aromatic ring is 1. The first-order valence-electron chi connectivity index (χ1n) is 6.11. The van der Waals surface area contributed by atoms with Crippen molar-refractivity contribution >= 4 is 5.69 Å². The molecule has 1 heterocycles. The smallest absolute Gasteiger partial charge is 0.132 e. The summed E-state index contributed by atoms with van der Waals surface area (Å²) in [6.45, 7) is 6.64. The van der Waals surface area contributed by atoms with Crippen molar-refractivity contribution < 1.29 is 0 Å². The second-order valence-corrected chi connectivity index (χ2v) is 5.56. The number of hydrogen-bond acceptors (Lipinski definition) is 3. The Kier molecular flexibility index (Phi) is 3.32. The molecular weight excluding hydrogens is 222 g/mol. The fourth-order valence-electron chi connectivity index (χ4n) is 1.76. The van der Waals surface area contributed by atoms with E-state index in [-0.39, 0.29) is 5.41 Å². The zero-order valence-corrected chi connectivity index (χ0v) is 11.1. The number of nitrogens with two attached hydrogens (primary N) is 1. The molecule has 0 saturated heterocycles. The van der Waals surface area contributed by atoms with E-state index in [1.54, 1.807) is 12.4 Å². The predicted molar refractivity (Wildman–Crippen MR) is 74.4 cm³/mol. The summed E-state index contributed by atoms with van der Waals surface area (Å²) in [6, 6.07) is 8.62. The lowest BCUT2D eigenvalue weighted by atomic mass is 9.86. The van der Waals surface area contributed by atoms with Crippen LogP contribution in [0.3, 0.4) is 0 Å². The fourth-order valence-corrected chi connectivity index (χ4v) is 1.76. The van der Waals surface area contributed by atoms with Crippen LogP contribution in [0.25, 0.3) is 0 Å². The summed E-state index contributed by atoms with van der Waals surface area (Å²) in [5.41, 5.74) is 8.91. The van der Waals surface area contributed by atoms with Gasteiger partial charge in [0, 0.05) is 6.42 Å². The molecule has 0 saturated carbocycles. The SMILES string of the molecule is CC(C)(C)c1ccc(Cc2ncc(N)cn2)cc1. The normalized spacial score (nSPS) is 11.5. The lowest BCUT2D eigenvalue weighted by molar-refractivity contribution is 0.590. The minimum atomic E-state index is 0.191. The Morgan fingerprint density at radius 2 is 1.56 bits per heavy atom. The van der Waals surface area contributed by atoms with Crippen molar-refractivity contribution in [3.63, 3.8) is 0 Å². The third-order valence-electron chi connectivity index (χ3n) is 2.91. The largest absolute Gasteiger partial charge is 0.396 e. The van der Waals surface area contributed by atoms with E-state index in [0.717, 1.165) is 12.2 Å². The molecule has 1 aromatic carbocycles. The van der Waals surface area contributed by atoms with E-state index in [2.05, 4.69) is 55.0 Å². The van der Waals surface area contributed by atoms with E-state index in [9.17, 15) is 0 Å². The maximum absolute atomic E-state index is 5.56. The molecule has 2 rings (SSSR count). The Morgan fingerprint density at radius 1 is 1.00 bits per heavy atom. The molecule has 0 aliphatic heterocycles. The molecule has 0 aliphatic rings. The summed E-state index contributed by atoms with van der Waals surface area (Å²) >= 11 is 0. The summed E-state index contributed by atoms with van der Waals surface area (Å²) in [7, 11) is 0. The van der Waals surface area contributed by atoms with Crippen molar-refractivity contribution in [2.75, 3.05) is 5.73 Å². The molecule has 2 N–H and O–H groups in total. The Bertz CT molecular complexity index is 507. The van der Waals surface area contributed by atoms with Crippen molar-refractivity contribution in [1.29, 1.82) is 0 Å². The number of aromatic nitrogens is 2. The zero-order chi connectivity index (χ0) is 13.2. The van der Waals surface area contributed by atoms with Gasteiger partial charge in [-0.3, -0.25) is 0 Å². The molecule has 18 heavy (non-hydrogen) atoms. The van der Waals surface area contributed by atoms with E-state index in [1.807, 2.05) is 0 Å². The average Bonchev–Trinajstić information content (AvgIpc) is 2.32. The lowest BCUT2D eigenvalue weighted by Gasteiger charge is -2.19. The summed E-state index contributed by atoms with van der Waals surface area (Å²) in [5, 5.41) is 0. The first kappa shape index (κ1) is 12.6. The van der Waals surface area contributed by atoms with Crippen molar-refractivity contribution in [3.8, 4) is 0 Å². The van der Waals surface area contributed by atoms with Crippen LogP contribution in [-0.4, -0.2) is 9.97 Å². The van der Waals surface area contributed by atoms with Crippen molar-refractivity contribution in [2.24, 2.45) is 0 Å². The first-order valence-corrected chi connectivity index (χ1v) is 6.11. The Labute approximate surface area is 108 Å². The summed E-state index contributed by atoms with van der Waals surface area (Å²) < 4.78 is 0. The third kappa shape index (κ3) is 3.06. The number of hydrogen-bond donors (Lipinski definition) is 1. The highest BCUT2D eigenvalue weighted by Crippen LogP contribution is 2.22. The average molecular weight is 241 g/mol. The van der Waals surface area contributed by atoms with Gasteiger partial charge in [-0.25, -0.2) is 9.97 Å².